The molecule has 128 valence electrons. The second-order valence-electron chi connectivity index (χ2n) is 6.91. The minimum Gasteiger partial charge on any atom is -0.319 e. The molecule has 1 N–H and O–H groups in total. The van der Waals surface area contributed by atoms with Crippen LogP contribution in [0.15, 0.2) is 46.9 Å². The Morgan fingerprint density at radius 3 is 2.56 bits per heavy atom. The third kappa shape index (κ3) is 2.76. The Labute approximate surface area is 155 Å². The first kappa shape index (κ1) is 16.3. The summed E-state index contributed by atoms with van der Waals surface area (Å²) in [5, 5.41) is 2.90. The summed E-state index contributed by atoms with van der Waals surface area (Å²) in [6.07, 6.45) is 3.30. The summed E-state index contributed by atoms with van der Waals surface area (Å²) in [7, 11) is 0. The Balaban J connectivity index is 1.62. The SMILES string of the molecule is C[C@]1(c2ccc3c(c2)CCC3)NC(=O)N(Cc2ccc(Br)cc2)C1=O. The minimum atomic E-state index is -0.996. The summed E-state index contributed by atoms with van der Waals surface area (Å²) in [6.45, 7) is 2.07. The number of nitrogens with one attached hydrogen (secondary N) is 1. The Hall–Kier alpha value is -2.14. The van der Waals surface area contributed by atoms with Crippen molar-refractivity contribution in [3.63, 3.8) is 0 Å². The predicted octanol–water partition coefficient (Wildman–Crippen LogP) is 3.91. The molecule has 1 aliphatic carbocycles. The van der Waals surface area contributed by atoms with E-state index in [1.54, 1.807) is 6.92 Å². The molecule has 1 saturated heterocycles. The first-order chi connectivity index (χ1) is 12.0. The van der Waals surface area contributed by atoms with Crippen molar-refractivity contribution in [1.82, 2.24) is 10.2 Å². The Morgan fingerprint density at radius 2 is 1.80 bits per heavy atom. The number of carbonyl (C=O) groups is 2. The van der Waals surface area contributed by atoms with Crippen molar-refractivity contribution in [2.45, 2.75) is 38.3 Å². The van der Waals surface area contributed by atoms with Crippen molar-refractivity contribution in [2.24, 2.45) is 0 Å². The number of nitrogens with zero attached hydrogens (tertiary/aromatic N) is 1. The predicted molar refractivity (Wildman–Crippen MR) is 99.0 cm³/mol. The number of carbonyl (C=O) groups excluding carboxylic acids is 2. The van der Waals surface area contributed by atoms with Crippen LogP contribution >= 0.6 is 15.9 Å². The first-order valence-corrected chi connectivity index (χ1v) is 9.27. The maximum Gasteiger partial charge on any atom is 0.325 e. The van der Waals surface area contributed by atoms with E-state index in [0.717, 1.165) is 34.9 Å². The van der Waals surface area contributed by atoms with Crippen LogP contribution in [-0.2, 0) is 29.7 Å². The molecule has 25 heavy (non-hydrogen) atoms. The lowest BCUT2D eigenvalue weighted by Gasteiger charge is -2.23. The molecule has 1 aliphatic heterocycles. The lowest BCUT2D eigenvalue weighted by atomic mass is 9.89. The van der Waals surface area contributed by atoms with Gasteiger partial charge in [0.25, 0.3) is 5.91 Å². The number of urea groups is 1. The summed E-state index contributed by atoms with van der Waals surface area (Å²) in [4.78, 5) is 26.8. The molecule has 0 aromatic heterocycles. The minimum absolute atomic E-state index is 0.196. The topological polar surface area (TPSA) is 49.4 Å². The number of rotatable bonds is 3. The molecule has 3 amide bonds. The molecule has 4 rings (SSSR count). The second kappa shape index (κ2) is 5.99. The van der Waals surface area contributed by atoms with E-state index in [0.29, 0.717) is 0 Å². The van der Waals surface area contributed by atoms with Crippen LogP contribution < -0.4 is 5.32 Å². The van der Waals surface area contributed by atoms with Gasteiger partial charge >= 0.3 is 6.03 Å². The number of hydrogen-bond acceptors (Lipinski definition) is 2. The van der Waals surface area contributed by atoms with Gasteiger partial charge in [0.15, 0.2) is 0 Å². The third-order valence-corrected chi connectivity index (χ3v) is 5.73. The fourth-order valence-corrected chi connectivity index (χ4v) is 3.96. The maximum atomic E-state index is 13.0. The first-order valence-electron chi connectivity index (χ1n) is 8.48. The van der Waals surface area contributed by atoms with Crippen molar-refractivity contribution < 1.29 is 9.59 Å². The molecular formula is C20H19BrN2O2. The summed E-state index contributed by atoms with van der Waals surface area (Å²) < 4.78 is 0.969. The van der Waals surface area contributed by atoms with Gasteiger partial charge < -0.3 is 5.32 Å². The van der Waals surface area contributed by atoms with E-state index in [-0.39, 0.29) is 18.5 Å². The molecule has 1 heterocycles. The average molecular weight is 399 g/mol. The van der Waals surface area contributed by atoms with Crippen molar-refractivity contribution in [3.05, 3.63) is 69.2 Å². The molecule has 0 spiro atoms. The van der Waals surface area contributed by atoms with Crippen LogP contribution in [0.3, 0.4) is 0 Å². The number of imide groups is 1. The zero-order valence-corrected chi connectivity index (χ0v) is 15.6. The van der Waals surface area contributed by atoms with Gasteiger partial charge in [0.2, 0.25) is 0 Å². The number of amides is 3. The Kier molecular flexibility index (Phi) is 3.91. The van der Waals surface area contributed by atoms with Crippen molar-refractivity contribution in [2.75, 3.05) is 0 Å². The van der Waals surface area contributed by atoms with Crippen LogP contribution in [0.1, 0.15) is 35.6 Å². The van der Waals surface area contributed by atoms with E-state index in [4.69, 9.17) is 0 Å². The van der Waals surface area contributed by atoms with Gasteiger partial charge in [-0.1, -0.05) is 46.3 Å². The molecule has 0 saturated carbocycles. The largest absolute Gasteiger partial charge is 0.325 e. The van der Waals surface area contributed by atoms with E-state index in [1.165, 1.54) is 16.0 Å². The fourth-order valence-electron chi connectivity index (χ4n) is 3.69. The second-order valence-corrected chi connectivity index (χ2v) is 7.83. The quantitative estimate of drug-likeness (QED) is 0.796. The summed E-state index contributed by atoms with van der Waals surface area (Å²) >= 11 is 3.40. The van der Waals surface area contributed by atoms with Crippen molar-refractivity contribution in [3.8, 4) is 0 Å². The number of aryl methyl sites for hydroxylation is 2. The van der Waals surface area contributed by atoms with Gasteiger partial charge in [-0.15, -0.1) is 0 Å². The molecule has 2 aromatic carbocycles. The van der Waals surface area contributed by atoms with Gasteiger partial charge in [-0.2, -0.15) is 0 Å². The zero-order chi connectivity index (χ0) is 17.6. The molecule has 5 heteroatoms. The highest BCUT2D eigenvalue weighted by Crippen LogP contribution is 2.33. The van der Waals surface area contributed by atoms with Gasteiger partial charge in [-0.3, -0.25) is 9.69 Å². The van der Waals surface area contributed by atoms with E-state index in [1.807, 2.05) is 30.3 Å². The molecular weight excluding hydrogens is 380 g/mol. The van der Waals surface area contributed by atoms with Crippen molar-refractivity contribution in [1.29, 1.82) is 0 Å². The van der Waals surface area contributed by atoms with Gasteiger partial charge in [-0.05, 0) is 60.6 Å². The molecule has 0 unspecified atom stereocenters. The Morgan fingerprint density at radius 1 is 1.08 bits per heavy atom. The number of fused-ring (bicyclic) bond motifs is 1. The summed E-state index contributed by atoms with van der Waals surface area (Å²) in [5.74, 6) is -0.196. The third-order valence-electron chi connectivity index (χ3n) is 5.20. The standard InChI is InChI=1S/C20H19BrN2O2/c1-20(16-8-7-14-3-2-4-15(14)11-16)18(24)23(19(25)22-20)12-13-5-9-17(21)10-6-13/h5-11H,2-4,12H2,1H3,(H,22,25)/t20-/m1/s1. The van der Waals surface area contributed by atoms with E-state index in [9.17, 15) is 9.59 Å². The van der Waals surface area contributed by atoms with Crippen LogP contribution in [-0.4, -0.2) is 16.8 Å². The molecule has 1 atom stereocenters. The van der Waals surface area contributed by atoms with Crippen LogP contribution in [0.4, 0.5) is 4.79 Å². The highest BCUT2D eigenvalue weighted by molar-refractivity contribution is 9.10. The van der Waals surface area contributed by atoms with Gasteiger partial charge in [0.1, 0.15) is 5.54 Å². The van der Waals surface area contributed by atoms with Crippen molar-refractivity contribution >= 4 is 27.9 Å². The Bertz CT molecular complexity index is 862. The van der Waals surface area contributed by atoms with Crippen LogP contribution in [0, 0.1) is 0 Å². The van der Waals surface area contributed by atoms with E-state index >= 15 is 0 Å². The molecule has 4 nitrogen and oxygen atoms in total. The molecule has 2 aliphatic rings. The van der Waals surface area contributed by atoms with Crippen LogP contribution in [0.25, 0.3) is 0 Å². The number of hydrogen-bond donors (Lipinski definition) is 1. The average Bonchev–Trinajstić information content (AvgIpc) is 3.15. The summed E-state index contributed by atoms with van der Waals surface area (Å²) in [6, 6.07) is 13.5. The van der Waals surface area contributed by atoms with Crippen LogP contribution in [0.2, 0.25) is 0 Å². The highest BCUT2D eigenvalue weighted by atomic mass is 79.9. The van der Waals surface area contributed by atoms with Gasteiger partial charge in [0, 0.05) is 4.47 Å². The highest BCUT2D eigenvalue weighted by Gasteiger charge is 2.49. The number of halogens is 1. The molecule has 2 aromatic rings. The normalized spacial score (nSPS) is 22.2. The fraction of sp³-hybridized carbons (Fsp3) is 0.300. The van der Waals surface area contributed by atoms with Gasteiger partial charge in [0.05, 0.1) is 6.54 Å². The molecule has 0 bridgehead atoms. The zero-order valence-electron chi connectivity index (χ0n) is 14.0. The smallest absolute Gasteiger partial charge is 0.319 e. The monoisotopic (exact) mass is 398 g/mol. The lowest BCUT2D eigenvalue weighted by molar-refractivity contribution is -0.131. The van der Waals surface area contributed by atoms with Gasteiger partial charge in [-0.25, -0.2) is 4.79 Å². The van der Waals surface area contributed by atoms with Crippen LogP contribution in [0.5, 0.6) is 0 Å². The number of benzene rings is 2. The summed E-state index contributed by atoms with van der Waals surface area (Å²) in [5.41, 5.74) is 3.45. The lowest BCUT2D eigenvalue weighted by Crippen LogP contribution is -2.40. The van der Waals surface area contributed by atoms with E-state index in [2.05, 4.69) is 33.4 Å². The molecule has 1 fully saturated rings. The van der Waals surface area contributed by atoms with E-state index < -0.39 is 5.54 Å². The maximum absolute atomic E-state index is 13.0. The molecule has 0 radical (unpaired) electrons.